The van der Waals surface area contributed by atoms with E-state index in [0.29, 0.717) is 32.4 Å². The Kier molecular flexibility index (Phi) is 9.09. The van der Waals surface area contributed by atoms with Gasteiger partial charge in [0, 0.05) is 44.4 Å². The highest BCUT2D eigenvalue weighted by Crippen LogP contribution is 2.29. The molecule has 41 heavy (non-hydrogen) atoms. The number of nitrogens with zero attached hydrogens (tertiary/aromatic N) is 3. The number of amides is 2. The van der Waals surface area contributed by atoms with Crippen LogP contribution in [0.4, 0.5) is 8.78 Å². The fraction of sp³-hybridized carbons (Fsp3) is 0.452. The van der Waals surface area contributed by atoms with Crippen molar-refractivity contribution in [2.45, 2.75) is 56.7 Å². The van der Waals surface area contributed by atoms with Crippen LogP contribution in [0.15, 0.2) is 59.1 Å². The summed E-state index contributed by atoms with van der Waals surface area (Å²) in [5, 5.41) is 17.7. The van der Waals surface area contributed by atoms with Gasteiger partial charge in [-0.15, -0.1) is 0 Å². The normalized spacial score (nSPS) is 23.2. The van der Waals surface area contributed by atoms with Gasteiger partial charge in [0.15, 0.2) is 11.5 Å². The average molecular weight is 567 g/mol. The number of aliphatic hydroxyl groups is 1. The van der Waals surface area contributed by atoms with Crippen LogP contribution in [0.3, 0.4) is 0 Å². The van der Waals surface area contributed by atoms with Crippen LogP contribution in [0, 0.1) is 17.6 Å². The van der Waals surface area contributed by atoms with Crippen molar-refractivity contribution in [2.75, 3.05) is 26.7 Å². The van der Waals surface area contributed by atoms with Crippen molar-refractivity contribution in [3.05, 3.63) is 77.5 Å². The number of piperidine rings is 1. The van der Waals surface area contributed by atoms with Gasteiger partial charge in [-0.1, -0.05) is 35.5 Å². The molecular formula is C31H36F2N4O4. The second-order valence-electron chi connectivity index (χ2n) is 11.1. The first-order valence-electron chi connectivity index (χ1n) is 14.2. The summed E-state index contributed by atoms with van der Waals surface area (Å²) in [5.41, 5.74) is 1.19. The molecule has 4 atom stereocenters. The van der Waals surface area contributed by atoms with E-state index in [-0.39, 0.29) is 40.9 Å². The zero-order chi connectivity index (χ0) is 28.9. The van der Waals surface area contributed by atoms with E-state index in [1.165, 1.54) is 17.7 Å². The van der Waals surface area contributed by atoms with Crippen molar-refractivity contribution in [3.8, 4) is 11.3 Å². The maximum Gasteiger partial charge on any atom is 0.273 e. The van der Waals surface area contributed by atoms with Crippen molar-refractivity contribution in [2.24, 2.45) is 5.92 Å². The Morgan fingerprint density at radius 1 is 1.12 bits per heavy atom. The van der Waals surface area contributed by atoms with Crippen LogP contribution in [0.5, 0.6) is 0 Å². The fourth-order valence-electron chi connectivity index (χ4n) is 6.02. The van der Waals surface area contributed by atoms with E-state index in [4.69, 9.17) is 4.52 Å². The van der Waals surface area contributed by atoms with Gasteiger partial charge in [-0.3, -0.25) is 14.5 Å². The van der Waals surface area contributed by atoms with Gasteiger partial charge in [-0.25, -0.2) is 8.78 Å². The van der Waals surface area contributed by atoms with Gasteiger partial charge < -0.3 is 19.8 Å². The zero-order valence-electron chi connectivity index (χ0n) is 23.1. The first-order chi connectivity index (χ1) is 19.8. The number of benzene rings is 2. The summed E-state index contributed by atoms with van der Waals surface area (Å²) < 4.78 is 32.4. The number of aliphatic hydroxyl groups excluding tert-OH is 1. The Bertz CT molecular complexity index is 1350. The highest BCUT2D eigenvalue weighted by molar-refractivity contribution is 5.93. The number of carbonyl (C=O) groups is 2. The number of likely N-dealkylation sites (N-methyl/N-ethyl adjacent to an activating group) is 1. The lowest BCUT2D eigenvalue weighted by Gasteiger charge is -2.44. The van der Waals surface area contributed by atoms with Crippen LogP contribution in [0.25, 0.3) is 11.3 Å². The SMILES string of the molecule is CN(CCc1ccccc1)C(=O)C1CCCN([C@H]2CC[C@H](NC(=O)c3cc(-c4ccc(F)cc4F)on3)C[C@@H]2O)C1. The van der Waals surface area contributed by atoms with Crippen LogP contribution in [-0.4, -0.2) is 76.7 Å². The van der Waals surface area contributed by atoms with Gasteiger partial charge in [-0.2, -0.15) is 0 Å². The lowest BCUT2D eigenvalue weighted by atomic mass is 9.85. The predicted octanol–water partition coefficient (Wildman–Crippen LogP) is 4.04. The smallest absolute Gasteiger partial charge is 0.273 e. The molecule has 0 spiro atoms. The number of hydrogen-bond donors (Lipinski definition) is 2. The summed E-state index contributed by atoms with van der Waals surface area (Å²) >= 11 is 0. The first-order valence-corrected chi connectivity index (χ1v) is 14.2. The van der Waals surface area contributed by atoms with E-state index in [9.17, 15) is 23.5 Å². The highest BCUT2D eigenvalue weighted by Gasteiger charge is 2.38. The third kappa shape index (κ3) is 7.00. The number of hydrogen-bond acceptors (Lipinski definition) is 6. The largest absolute Gasteiger partial charge is 0.391 e. The lowest BCUT2D eigenvalue weighted by molar-refractivity contribution is -0.137. The standard InChI is InChI=1S/C31H36F2N4O4/c1-36(15-13-20-6-3-2-4-7-20)31(40)21-8-5-14-37(19-21)27-12-10-23(17-28(27)38)34-30(39)26-18-29(41-35-26)24-11-9-22(32)16-25(24)33/h2-4,6-7,9,11,16,18,21,23,27-28,38H,5,8,10,12-15,17,19H2,1H3,(H,34,39)/t21?,23-,27-,28-/m0/s1. The van der Waals surface area contributed by atoms with Gasteiger partial charge in [0.1, 0.15) is 11.6 Å². The molecule has 2 amide bonds. The summed E-state index contributed by atoms with van der Waals surface area (Å²) in [4.78, 5) is 30.1. The molecule has 1 aliphatic carbocycles. The molecule has 2 fully saturated rings. The maximum absolute atomic E-state index is 14.1. The molecule has 2 aliphatic rings. The van der Waals surface area contributed by atoms with E-state index in [1.807, 2.05) is 30.1 Å². The van der Waals surface area contributed by atoms with Crippen molar-refractivity contribution < 1.29 is 28.0 Å². The quantitative estimate of drug-likeness (QED) is 0.427. The number of likely N-dealkylation sites (tertiary alicyclic amines) is 1. The number of carbonyl (C=O) groups excluding carboxylic acids is 2. The zero-order valence-corrected chi connectivity index (χ0v) is 23.1. The summed E-state index contributed by atoms with van der Waals surface area (Å²) in [6, 6.07) is 14.2. The third-order valence-corrected chi connectivity index (χ3v) is 8.28. The van der Waals surface area contributed by atoms with Crippen LogP contribution in [0.2, 0.25) is 0 Å². The highest BCUT2D eigenvalue weighted by atomic mass is 19.1. The minimum absolute atomic E-state index is 0.00888. The molecule has 10 heteroatoms. The van der Waals surface area contributed by atoms with Crippen LogP contribution in [-0.2, 0) is 11.2 Å². The lowest BCUT2D eigenvalue weighted by Crippen LogP contribution is -2.55. The molecule has 1 aliphatic heterocycles. The van der Waals surface area contributed by atoms with E-state index in [0.717, 1.165) is 37.9 Å². The van der Waals surface area contributed by atoms with Crippen molar-refractivity contribution >= 4 is 11.8 Å². The van der Waals surface area contributed by atoms with E-state index in [2.05, 4.69) is 27.5 Å². The predicted molar refractivity (Wildman–Crippen MR) is 149 cm³/mol. The molecule has 8 nitrogen and oxygen atoms in total. The van der Waals surface area contributed by atoms with E-state index >= 15 is 0 Å². The third-order valence-electron chi connectivity index (χ3n) is 8.28. The number of rotatable bonds is 8. The number of aromatic nitrogens is 1. The summed E-state index contributed by atoms with van der Waals surface area (Å²) in [5.74, 6) is -1.93. The minimum atomic E-state index is -0.810. The molecule has 1 unspecified atom stereocenters. The molecular weight excluding hydrogens is 530 g/mol. The van der Waals surface area contributed by atoms with Gasteiger partial charge in [0.05, 0.1) is 17.6 Å². The fourth-order valence-corrected chi connectivity index (χ4v) is 6.02. The molecule has 1 saturated heterocycles. The van der Waals surface area contributed by atoms with Gasteiger partial charge in [-0.05, 0) is 62.8 Å². The first kappa shape index (κ1) is 28.9. The molecule has 0 bridgehead atoms. The molecule has 2 aromatic carbocycles. The van der Waals surface area contributed by atoms with Crippen LogP contribution >= 0.6 is 0 Å². The Morgan fingerprint density at radius 3 is 2.68 bits per heavy atom. The van der Waals surface area contributed by atoms with E-state index in [1.54, 1.807) is 0 Å². The van der Waals surface area contributed by atoms with E-state index < -0.39 is 23.6 Å². The van der Waals surface area contributed by atoms with Crippen molar-refractivity contribution in [1.82, 2.24) is 20.3 Å². The Hall–Kier alpha value is -3.63. The molecule has 1 aromatic heterocycles. The summed E-state index contributed by atoms with van der Waals surface area (Å²) in [6.45, 7) is 2.12. The maximum atomic E-state index is 14.1. The van der Waals surface area contributed by atoms with Gasteiger partial charge in [0.25, 0.3) is 5.91 Å². The Labute approximate surface area is 238 Å². The molecule has 1 saturated carbocycles. The number of halogens is 2. The minimum Gasteiger partial charge on any atom is -0.391 e. The molecule has 3 aromatic rings. The second-order valence-corrected chi connectivity index (χ2v) is 11.1. The van der Waals surface area contributed by atoms with Crippen molar-refractivity contribution in [3.63, 3.8) is 0 Å². The number of nitrogens with one attached hydrogen (secondary N) is 1. The Balaban J connectivity index is 1.11. The summed E-state index contributed by atoms with van der Waals surface area (Å²) in [6.07, 6.45) is 3.62. The van der Waals surface area contributed by atoms with Gasteiger partial charge in [0.2, 0.25) is 5.91 Å². The Morgan fingerprint density at radius 2 is 1.93 bits per heavy atom. The molecule has 0 radical (unpaired) electrons. The monoisotopic (exact) mass is 566 g/mol. The van der Waals surface area contributed by atoms with Crippen LogP contribution in [0.1, 0.15) is 48.2 Å². The summed E-state index contributed by atoms with van der Waals surface area (Å²) in [7, 11) is 1.86. The second kappa shape index (κ2) is 12.9. The average Bonchev–Trinajstić information content (AvgIpc) is 3.46. The molecule has 218 valence electrons. The molecule has 2 heterocycles. The van der Waals surface area contributed by atoms with Crippen molar-refractivity contribution in [1.29, 1.82) is 0 Å². The topological polar surface area (TPSA) is 98.9 Å². The van der Waals surface area contributed by atoms with Gasteiger partial charge >= 0.3 is 0 Å². The molecule has 2 N–H and O–H groups in total. The van der Waals surface area contributed by atoms with Crippen LogP contribution < -0.4 is 5.32 Å². The molecule has 5 rings (SSSR count).